The van der Waals surface area contributed by atoms with Gasteiger partial charge in [0.15, 0.2) is 0 Å². The first kappa shape index (κ1) is 27.0. The normalized spacial score (nSPS) is 18.8. The number of amidine groups is 1. The first-order valence-electron chi connectivity index (χ1n) is 12.2. The van der Waals surface area contributed by atoms with Gasteiger partial charge >= 0.3 is 0 Å². The highest BCUT2D eigenvalue weighted by Gasteiger charge is 2.31. The van der Waals surface area contributed by atoms with Crippen LogP contribution >= 0.6 is 0 Å². The maximum absolute atomic E-state index is 13.4. The average Bonchev–Trinajstić information content (AvgIpc) is 3.37. The Balaban J connectivity index is 1.76. The molecule has 1 atom stereocenters. The molecule has 2 aliphatic rings. The second-order valence-corrected chi connectivity index (χ2v) is 8.90. The number of rotatable bonds is 11. The zero-order valence-corrected chi connectivity index (χ0v) is 20.7. The van der Waals surface area contributed by atoms with Crippen LogP contribution in [-0.4, -0.2) is 73.4 Å². The highest BCUT2D eigenvalue weighted by molar-refractivity contribution is 5.95. The molecule has 0 aliphatic carbocycles. The van der Waals surface area contributed by atoms with Gasteiger partial charge in [0.2, 0.25) is 11.8 Å². The predicted octanol–water partition coefficient (Wildman–Crippen LogP) is 0.967. The molecule has 11 heteroatoms. The van der Waals surface area contributed by atoms with Crippen molar-refractivity contribution in [3.63, 3.8) is 0 Å². The Hall–Kier alpha value is -3.62. The molecule has 0 bridgehead atoms. The molecule has 1 aromatic carbocycles. The fraction of sp³-hybridized carbons (Fsp3) is 0.520. The smallest absolute Gasteiger partial charge is 0.245 e. The average molecular weight is 498 g/mol. The van der Waals surface area contributed by atoms with E-state index in [4.69, 9.17) is 16.0 Å². The van der Waals surface area contributed by atoms with Crippen LogP contribution in [0.4, 0.5) is 0 Å². The Morgan fingerprint density at radius 2 is 2.00 bits per heavy atom. The number of hydrogen-bond acceptors (Lipinski definition) is 8. The van der Waals surface area contributed by atoms with Crippen molar-refractivity contribution in [2.45, 2.75) is 44.7 Å². The molecule has 194 valence electrons. The zero-order chi connectivity index (χ0) is 25.9. The third-order valence-electron chi connectivity index (χ3n) is 6.35. The van der Waals surface area contributed by atoms with Gasteiger partial charge in [0.25, 0.3) is 0 Å². The highest BCUT2D eigenvalue weighted by atomic mass is 17.2. The van der Waals surface area contributed by atoms with Crippen molar-refractivity contribution in [3.8, 4) is 6.07 Å². The number of carbonyl (C=O) groups is 2. The van der Waals surface area contributed by atoms with Crippen LogP contribution in [-0.2, 0) is 25.9 Å². The number of carbonyl (C=O) groups excluding carboxylic acids is 2. The van der Waals surface area contributed by atoms with Crippen molar-refractivity contribution in [1.82, 2.24) is 20.4 Å². The molecular weight excluding hydrogens is 462 g/mol. The Morgan fingerprint density at radius 3 is 2.69 bits per heavy atom. The number of nitriles is 1. The quantitative estimate of drug-likeness (QED) is 0.116. The summed E-state index contributed by atoms with van der Waals surface area (Å²) in [6.45, 7) is 2.29. The van der Waals surface area contributed by atoms with Gasteiger partial charge in [-0.25, -0.2) is 9.78 Å². The van der Waals surface area contributed by atoms with Crippen molar-refractivity contribution in [3.05, 3.63) is 46.8 Å². The molecule has 2 heterocycles. The molecule has 0 saturated carbocycles. The lowest BCUT2D eigenvalue weighted by atomic mass is 10.1. The van der Waals surface area contributed by atoms with Gasteiger partial charge in [0.05, 0.1) is 19.2 Å². The molecule has 5 N–H and O–H groups in total. The van der Waals surface area contributed by atoms with Gasteiger partial charge in [0.1, 0.15) is 30.4 Å². The Morgan fingerprint density at radius 1 is 1.25 bits per heavy atom. The summed E-state index contributed by atoms with van der Waals surface area (Å²) in [5.41, 5.74) is 7.27. The largest absolute Gasteiger partial charge is 0.384 e. The van der Waals surface area contributed by atoms with Gasteiger partial charge in [-0.1, -0.05) is 18.2 Å². The molecule has 2 fully saturated rings. The lowest BCUT2D eigenvalue weighted by molar-refractivity contribution is -0.264. The van der Waals surface area contributed by atoms with Crippen molar-refractivity contribution in [2.75, 3.05) is 39.9 Å². The van der Waals surface area contributed by atoms with E-state index in [1.807, 2.05) is 11.0 Å². The summed E-state index contributed by atoms with van der Waals surface area (Å²) in [4.78, 5) is 39.2. The zero-order valence-electron chi connectivity index (χ0n) is 20.7. The van der Waals surface area contributed by atoms with Gasteiger partial charge in [-0.05, 0) is 43.7 Å². The Kier molecular flexibility index (Phi) is 10.1. The number of hydrogen-bond donors (Lipinski definition) is 4. The third-order valence-corrected chi connectivity index (χ3v) is 6.35. The van der Waals surface area contributed by atoms with Crippen LogP contribution in [0.15, 0.2) is 35.7 Å². The number of amides is 2. The van der Waals surface area contributed by atoms with Crippen LogP contribution in [0.1, 0.15) is 43.2 Å². The number of likely N-dealkylation sites (tertiary alicyclic amines) is 2. The molecule has 2 saturated heterocycles. The van der Waals surface area contributed by atoms with E-state index >= 15 is 0 Å². The molecule has 0 aromatic heterocycles. The molecule has 3 rings (SSSR count). The Labute approximate surface area is 211 Å². The van der Waals surface area contributed by atoms with E-state index in [1.54, 1.807) is 23.1 Å². The molecule has 1 unspecified atom stereocenters. The predicted molar refractivity (Wildman–Crippen MR) is 133 cm³/mol. The lowest BCUT2D eigenvalue weighted by Crippen LogP contribution is -2.50. The van der Waals surface area contributed by atoms with E-state index in [2.05, 4.69) is 21.6 Å². The highest BCUT2D eigenvalue weighted by Crippen LogP contribution is 2.16. The standard InChI is InChI=1S/C25H35N7O4/c1-35-36-17-20(14-26)24(29-15-18-7-6-8-19(13-18)23(27)28)30-21-9-2-3-12-32(25(21)34)16-22(33)31-10-4-5-11-31/h6-8,13,21,29-30H,2-5,9-12,15-17H2,1H3,(H3,27,28)/b24-20+. The minimum Gasteiger partial charge on any atom is -0.384 e. The summed E-state index contributed by atoms with van der Waals surface area (Å²) in [5, 5.41) is 23.8. The first-order chi connectivity index (χ1) is 17.4. The SMILES string of the molecule is COOC/C(C#N)=C(\NCc1cccc(C(=N)N)c1)NC1CCCCN(CC(=O)N2CCCC2)C1=O. The maximum Gasteiger partial charge on any atom is 0.245 e. The summed E-state index contributed by atoms with van der Waals surface area (Å²) in [6.07, 6.45) is 4.18. The Bertz CT molecular complexity index is 1010. The van der Waals surface area contributed by atoms with Crippen LogP contribution in [0.5, 0.6) is 0 Å². The molecule has 1 aromatic rings. The molecule has 2 aliphatic heterocycles. The van der Waals surface area contributed by atoms with E-state index in [0.717, 1.165) is 44.3 Å². The van der Waals surface area contributed by atoms with Gasteiger partial charge in [-0.15, -0.1) is 0 Å². The van der Waals surface area contributed by atoms with Crippen LogP contribution in [0.2, 0.25) is 0 Å². The first-order valence-corrected chi connectivity index (χ1v) is 12.2. The van der Waals surface area contributed by atoms with Crippen molar-refractivity contribution in [2.24, 2.45) is 5.73 Å². The second kappa shape index (κ2) is 13.5. The van der Waals surface area contributed by atoms with Gasteiger partial charge in [0, 0.05) is 31.7 Å². The summed E-state index contributed by atoms with van der Waals surface area (Å²) >= 11 is 0. The number of nitrogens with one attached hydrogen (secondary N) is 3. The number of nitrogens with zero attached hydrogens (tertiary/aromatic N) is 3. The summed E-state index contributed by atoms with van der Waals surface area (Å²) < 4.78 is 0. The number of nitrogens with two attached hydrogens (primary N) is 1. The van der Waals surface area contributed by atoms with Crippen LogP contribution in [0, 0.1) is 16.7 Å². The molecule has 2 amide bonds. The molecular formula is C25H35N7O4. The van der Waals surface area contributed by atoms with E-state index in [0.29, 0.717) is 30.9 Å². The van der Waals surface area contributed by atoms with E-state index < -0.39 is 6.04 Å². The second-order valence-electron chi connectivity index (χ2n) is 8.90. The van der Waals surface area contributed by atoms with E-state index in [9.17, 15) is 14.9 Å². The van der Waals surface area contributed by atoms with Gasteiger partial charge < -0.3 is 26.2 Å². The van der Waals surface area contributed by atoms with Crippen molar-refractivity contribution in [1.29, 1.82) is 10.7 Å². The van der Waals surface area contributed by atoms with Gasteiger partial charge in [-0.3, -0.25) is 15.0 Å². The molecule has 11 nitrogen and oxygen atoms in total. The van der Waals surface area contributed by atoms with Crippen molar-refractivity contribution >= 4 is 17.6 Å². The van der Waals surface area contributed by atoms with Gasteiger partial charge in [-0.2, -0.15) is 5.26 Å². The summed E-state index contributed by atoms with van der Waals surface area (Å²) in [5.74, 6) is 0.133. The van der Waals surface area contributed by atoms with Crippen LogP contribution in [0.25, 0.3) is 0 Å². The van der Waals surface area contributed by atoms with E-state index in [1.165, 1.54) is 7.11 Å². The molecule has 0 spiro atoms. The van der Waals surface area contributed by atoms with Crippen LogP contribution in [0.3, 0.4) is 0 Å². The van der Waals surface area contributed by atoms with Crippen LogP contribution < -0.4 is 16.4 Å². The number of nitrogen functional groups attached to an aromatic ring is 1. The minimum atomic E-state index is -0.601. The minimum absolute atomic E-state index is 0.0213. The molecule has 0 radical (unpaired) electrons. The number of benzene rings is 1. The third kappa shape index (κ3) is 7.44. The topological polar surface area (TPSA) is 157 Å². The fourth-order valence-corrected chi connectivity index (χ4v) is 4.36. The van der Waals surface area contributed by atoms with E-state index in [-0.39, 0.29) is 36.4 Å². The summed E-state index contributed by atoms with van der Waals surface area (Å²) in [7, 11) is 1.35. The maximum atomic E-state index is 13.4. The fourth-order valence-electron chi connectivity index (χ4n) is 4.36. The monoisotopic (exact) mass is 497 g/mol. The lowest BCUT2D eigenvalue weighted by Gasteiger charge is -2.28. The van der Waals surface area contributed by atoms with Crippen molar-refractivity contribution < 1.29 is 19.4 Å². The molecule has 36 heavy (non-hydrogen) atoms. The summed E-state index contributed by atoms with van der Waals surface area (Å²) in [6, 6.07) is 8.72.